The highest BCUT2D eigenvalue weighted by Gasteiger charge is 2.33. The van der Waals surface area contributed by atoms with E-state index in [1.54, 1.807) is 13.0 Å². The van der Waals surface area contributed by atoms with E-state index in [0.717, 1.165) is 18.4 Å². The van der Waals surface area contributed by atoms with Crippen LogP contribution in [0.25, 0.3) is 0 Å². The number of alkyl halides is 3. The molecule has 0 atom stereocenters. The van der Waals surface area contributed by atoms with Crippen LogP contribution in [0.2, 0.25) is 0 Å². The molecule has 2 aromatic rings. The van der Waals surface area contributed by atoms with Gasteiger partial charge < -0.3 is 16.4 Å². The highest BCUT2D eigenvalue weighted by atomic mass is 32.2. The number of benzene rings is 2. The van der Waals surface area contributed by atoms with E-state index in [-0.39, 0.29) is 35.0 Å². The molecule has 35 heavy (non-hydrogen) atoms. The molecule has 1 aliphatic heterocycles. The molecule has 3 rings (SSSR count). The molecule has 0 radical (unpaired) electrons. The summed E-state index contributed by atoms with van der Waals surface area (Å²) < 4.78 is 64.1. The van der Waals surface area contributed by atoms with E-state index in [4.69, 9.17) is 11.5 Å². The maximum absolute atomic E-state index is 13.0. The minimum absolute atomic E-state index is 0.0279. The lowest BCUT2D eigenvalue weighted by atomic mass is 9.87. The van der Waals surface area contributed by atoms with Gasteiger partial charge in [0, 0.05) is 30.5 Å². The average molecular weight is 511 g/mol. The van der Waals surface area contributed by atoms with E-state index in [9.17, 15) is 31.2 Å². The second-order valence-electron chi connectivity index (χ2n) is 8.46. The van der Waals surface area contributed by atoms with Crippen molar-refractivity contribution in [2.45, 2.75) is 36.8 Å². The highest BCUT2D eigenvalue weighted by Crippen LogP contribution is 2.35. The van der Waals surface area contributed by atoms with Crippen LogP contribution in [-0.4, -0.2) is 50.4 Å². The Kier molecular flexibility index (Phi) is 7.25. The third-order valence-corrected chi connectivity index (χ3v) is 7.03. The zero-order valence-corrected chi connectivity index (χ0v) is 19.9. The maximum atomic E-state index is 13.0. The summed E-state index contributed by atoms with van der Waals surface area (Å²) in [4.78, 5) is 30.0. The molecule has 1 heterocycles. The Balaban J connectivity index is 1.85. The molecule has 4 N–H and O–H groups in total. The SMILES string of the molecule is Cc1cc(C2CCN(C(=O)c3cccc(C(F)(F)F)c3)CC2)c(S(C)(=O)=O)cc1C(=O)N=C(N)N. The van der Waals surface area contributed by atoms with Crippen molar-refractivity contribution in [3.63, 3.8) is 0 Å². The molecular formula is C23H25F3N4O4S. The summed E-state index contributed by atoms with van der Waals surface area (Å²) in [6, 6.07) is 7.12. The van der Waals surface area contributed by atoms with E-state index in [1.807, 2.05) is 0 Å². The predicted molar refractivity (Wildman–Crippen MR) is 124 cm³/mol. The molecular weight excluding hydrogens is 485 g/mol. The second kappa shape index (κ2) is 9.68. The molecule has 12 heteroatoms. The molecule has 0 spiro atoms. The van der Waals surface area contributed by atoms with Gasteiger partial charge in [-0.25, -0.2) is 8.42 Å². The smallest absolute Gasteiger partial charge is 0.370 e. The minimum atomic E-state index is -4.56. The lowest BCUT2D eigenvalue weighted by Crippen LogP contribution is -2.38. The van der Waals surface area contributed by atoms with Gasteiger partial charge in [-0.3, -0.25) is 9.59 Å². The van der Waals surface area contributed by atoms with Crippen molar-refractivity contribution in [3.05, 3.63) is 64.2 Å². The van der Waals surface area contributed by atoms with Crippen LogP contribution < -0.4 is 11.5 Å². The normalized spacial score (nSPS) is 15.1. The Labute approximate surface area is 200 Å². The zero-order chi connectivity index (χ0) is 26.1. The van der Waals surface area contributed by atoms with Crippen LogP contribution in [0.5, 0.6) is 0 Å². The number of carbonyl (C=O) groups is 2. The first-order valence-corrected chi connectivity index (χ1v) is 12.5. The van der Waals surface area contributed by atoms with Crippen molar-refractivity contribution in [2.24, 2.45) is 16.5 Å². The second-order valence-corrected chi connectivity index (χ2v) is 10.4. The van der Waals surface area contributed by atoms with Gasteiger partial charge in [0.2, 0.25) is 0 Å². The highest BCUT2D eigenvalue weighted by molar-refractivity contribution is 7.90. The van der Waals surface area contributed by atoms with Crippen molar-refractivity contribution in [2.75, 3.05) is 19.3 Å². The quantitative estimate of drug-likeness (QED) is 0.480. The average Bonchev–Trinajstić information content (AvgIpc) is 2.76. The summed E-state index contributed by atoms with van der Waals surface area (Å²) >= 11 is 0. The first-order chi connectivity index (χ1) is 16.2. The molecule has 0 bridgehead atoms. The topological polar surface area (TPSA) is 136 Å². The molecule has 0 saturated carbocycles. The van der Waals surface area contributed by atoms with Crippen LogP contribution in [0.15, 0.2) is 46.3 Å². The summed E-state index contributed by atoms with van der Waals surface area (Å²) in [6.07, 6.45) is -2.73. The number of nitrogens with two attached hydrogens (primary N) is 2. The number of carbonyl (C=O) groups excluding carboxylic acids is 2. The van der Waals surface area contributed by atoms with Crippen molar-refractivity contribution in [1.29, 1.82) is 0 Å². The van der Waals surface area contributed by atoms with Gasteiger partial charge in [-0.2, -0.15) is 18.2 Å². The molecule has 8 nitrogen and oxygen atoms in total. The fourth-order valence-corrected chi connectivity index (χ4v) is 5.15. The van der Waals surface area contributed by atoms with Gasteiger partial charge >= 0.3 is 6.18 Å². The Morgan fingerprint density at radius 1 is 1.09 bits per heavy atom. The minimum Gasteiger partial charge on any atom is -0.370 e. The van der Waals surface area contributed by atoms with Crippen molar-refractivity contribution in [3.8, 4) is 0 Å². The lowest BCUT2D eigenvalue weighted by Gasteiger charge is -2.33. The van der Waals surface area contributed by atoms with Gasteiger partial charge in [-0.1, -0.05) is 12.1 Å². The standard InChI is InChI=1S/C23H25F3N4O4S/c1-13-10-18(19(35(2,33)34)12-17(13)20(31)29-22(27)28)14-6-8-30(9-7-14)21(32)15-4-3-5-16(11-15)23(24,25)26/h3-5,10-12,14H,6-9H2,1-2H3,(H4,27,28,29,31). The van der Waals surface area contributed by atoms with Gasteiger partial charge in [0.15, 0.2) is 15.8 Å². The first kappa shape index (κ1) is 26.2. The molecule has 1 aliphatic rings. The largest absolute Gasteiger partial charge is 0.416 e. The fourth-order valence-electron chi connectivity index (χ4n) is 4.16. The predicted octanol–water partition coefficient (Wildman–Crippen LogP) is 2.85. The van der Waals surface area contributed by atoms with Crippen LogP contribution in [-0.2, 0) is 16.0 Å². The zero-order valence-electron chi connectivity index (χ0n) is 19.1. The Hall–Kier alpha value is -3.41. The van der Waals surface area contributed by atoms with Gasteiger partial charge in [0.05, 0.1) is 10.5 Å². The number of sulfone groups is 1. The number of aliphatic imine (C=N–C) groups is 1. The van der Waals surface area contributed by atoms with Crippen molar-refractivity contribution in [1.82, 2.24) is 4.90 Å². The number of hydrogen-bond acceptors (Lipinski definition) is 4. The fraction of sp³-hybridized carbons (Fsp3) is 0.348. The van der Waals surface area contributed by atoms with Gasteiger partial charge in [-0.05, 0) is 61.1 Å². The van der Waals surface area contributed by atoms with E-state index < -0.39 is 39.4 Å². The number of piperidine rings is 1. The van der Waals surface area contributed by atoms with Gasteiger partial charge in [0.25, 0.3) is 11.8 Å². The number of nitrogens with zero attached hydrogens (tertiary/aromatic N) is 2. The number of aryl methyl sites for hydroxylation is 1. The first-order valence-electron chi connectivity index (χ1n) is 10.6. The van der Waals surface area contributed by atoms with Gasteiger partial charge in [-0.15, -0.1) is 0 Å². The number of rotatable bonds is 4. The monoisotopic (exact) mass is 510 g/mol. The van der Waals surface area contributed by atoms with E-state index >= 15 is 0 Å². The van der Waals surface area contributed by atoms with Crippen LogP contribution in [0.1, 0.15) is 56.2 Å². The van der Waals surface area contributed by atoms with Crippen LogP contribution in [0, 0.1) is 6.92 Å². The van der Waals surface area contributed by atoms with Crippen molar-refractivity contribution < 1.29 is 31.2 Å². The summed E-state index contributed by atoms with van der Waals surface area (Å²) in [5, 5.41) is 0. The summed E-state index contributed by atoms with van der Waals surface area (Å²) in [7, 11) is -3.73. The van der Waals surface area contributed by atoms with E-state index in [0.29, 0.717) is 24.0 Å². The number of guanidine groups is 1. The Morgan fingerprint density at radius 2 is 1.71 bits per heavy atom. The number of halogens is 3. The molecule has 0 aliphatic carbocycles. The molecule has 2 aromatic carbocycles. The molecule has 0 aromatic heterocycles. The maximum Gasteiger partial charge on any atom is 0.416 e. The third kappa shape index (κ3) is 5.99. The van der Waals surface area contributed by atoms with Crippen LogP contribution in [0.3, 0.4) is 0 Å². The Bertz CT molecular complexity index is 1290. The van der Waals surface area contributed by atoms with Crippen LogP contribution >= 0.6 is 0 Å². The number of likely N-dealkylation sites (tertiary alicyclic amines) is 1. The number of amides is 2. The molecule has 1 fully saturated rings. The third-order valence-electron chi connectivity index (χ3n) is 5.88. The summed E-state index contributed by atoms with van der Waals surface area (Å²) in [5.41, 5.74) is 10.6. The summed E-state index contributed by atoms with van der Waals surface area (Å²) in [5.74, 6) is -1.97. The number of hydrogen-bond donors (Lipinski definition) is 2. The summed E-state index contributed by atoms with van der Waals surface area (Å²) in [6.45, 7) is 2.10. The van der Waals surface area contributed by atoms with Crippen LogP contribution in [0.4, 0.5) is 13.2 Å². The Morgan fingerprint density at radius 3 is 2.26 bits per heavy atom. The van der Waals surface area contributed by atoms with Gasteiger partial charge in [0.1, 0.15) is 0 Å². The van der Waals surface area contributed by atoms with E-state index in [2.05, 4.69) is 4.99 Å². The lowest BCUT2D eigenvalue weighted by molar-refractivity contribution is -0.137. The van der Waals surface area contributed by atoms with Crippen molar-refractivity contribution >= 4 is 27.6 Å². The molecule has 2 amide bonds. The molecule has 188 valence electrons. The molecule has 1 saturated heterocycles. The van der Waals surface area contributed by atoms with E-state index in [1.165, 1.54) is 23.1 Å². The molecule has 0 unspecified atom stereocenters.